The molecule has 4 heteroatoms. The zero-order valence-electron chi connectivity index (χ0n) is 11.4. The summed E-state index contributed by atoms with van der Waals surface area (Å²) in [5.74, 6) is -0.121. The van der Waals surface area contributed by atoms with Crippen molar-refractivity contribution in [3.8, 4) is 0 Å². The van der Waals surface area contributed by atoms with Crippen LogP contribution in [-0.4, -0.2) is 28.6 Å². The first-order valence-electron chi connectivity index (χ1n) is 7.78. The molecule has 5 saturated carbocycles. The second-order valence-electron chi connectivity index (χ2n) is 7.87. The zero-order chi connectivity index (χ0) is 14.0. The number of rotatable bonds is 0. The number of ketones is 3. The van der Waals surface area contributed by atoms with Crippen molar-refractivity contribution in [1.82, 2.24) is 0 Å². The molecule has 0 heterocycles. The van der Waals surface area contributed by atoms with E-state index < -0.39 is 27.8 Å². The lowest BCUT2D eigenvalue weighted by Crippen LogP contribution is -2.54. The minimum atomic E-state index is -0.889. The van der Waals surface area contributed by atoms with Crippen molar-refractivity contribution in [2.75, 3.05) is 0 Å². The summed E-state index contributed by atoms with van der Waals surface area (Å²) in [7, 11) is 0. The van der Waals surface area contributed by atoms with Crippen LogP contribution in [0.4, 0.5) is 0 Å². The normalized spacial score (nSPS) is 37.4. The van der Waals surface area contributed by atoms with Gasteiger partial charge in [-0.1, -0.05) is 0 Å². The van der Waals surface area contributed by atoms with Crippen molar-refractivity contribution in [3.63, 3.8) is 0 Å². The van der Waals surface area contributed by atoms with Crippen LogP contribution >= 0.6 is 0 Å². The minimum Gasteiger partial charge on any atom is -0.391 e. The average Bonchev–Trinajstić information content (AvgIpc) is 3.37. The van der Waals surface area contributed by atoms with E-state index in [1.807, 2.05) is 0 Å². The first-order valence-corrected chi connectivity index (χ1v) is 7.78. The molecule has 0 saturated heterocycles. The van der Waals surface area contributed by atoms with E-state index in [1.54, 1.807) is 0 Å². The van der Waals surface area contributed by atoms with Crippen LogP contribution in [0.2, 0.25) is 0 Å². The second kappa shape index (κ2) is 2.80. The highest BCUT2D eigenvalue weighted by molar-refractivity contribution is 6.25. The van der Waals surface area contributed by atoms with Crippen LogP contribution in [0.15, 0.2) is 0 Å². The highest BCUT2D eigenvalue weighted by Gasteiger charge is 2.81. The summed E-state index contributed by atoms with van der Waals surface area (Å²) in [6, 6.07) is 0. The van der Waals surface area contributed by atoms with Crippen molar-refractivity contribution < 1.29 is 19.5 Å². The van der Waals surface area contributed by atoms with E-state index in [2.05, 4.69) is 0 Å². The van der Waals surface area contributed by atoms with Gasteiger partial charge >= 0.3 is 0 Å². The maximum absolute atomic E-state index is 12.9. The van der Waals surface area contributed by atoms with Gasteiger partial charge in [0.05, 0.1) is 27.8 Å². The molecule has 5 aliphatic rings. The van der Waals surface area contributed by atoms with Crippen LogP contribution in [0.3, 0.4) is 0 Å². The highest BCUT2D eigenvalue weighted by atomic mass is 16.3. The Balaban J connectivity index is 1.71. The maximum atomic E-state index is 12.9. The van der Waals surface area contributed by atoms with Gasteiger partial charge in [0.1, 0.15) is 0 Å². The molecule has 106 valence electrons. The molecule has 20 heavy (non-hydrogen) atoms. The highest BCUT2D eigenvalue weighted by Crippen LogP contribution is 2.73. The Labute approximate surface area is 116 Å². The van der Waals surface area contributed by atoms with Gasteiger partial charge in [0.25, 0.3) is 0 Å². The Kier molecular flexibility index (Phi) is 1.63. The van der Waals surface area contributed by atoms with Gasteiger partial charge in [-0.2, -0.15) is 0 Å². The summed E-state index contributed by atoms with van der Waals surface area (Å²) in [5.41, 5.74) is -3.29. The van der Waals surface area contributed by atoms with E-state index in [4.69, 9.17) is 0 Å². The number of Topliss-reactive ketones (excluding diaryl/α,β-unsaturated/α-hetero) is 3. The summed E-state index contributed by atoms with van der Waals surface area (Å²) in [6.45, 7) is 0. The molecule has 0 aromatic heterocycles. The SMILES string of the molecule is O=C1C2(CC2)C(=O)C2(CC2)C(O)C2(CC2)C(=O)C12CC2. The van der Waals surface area contributed by atoms with Crippen molar-refractivity contribution in [2.45, 2.75) is 57.5 Å². The van der Waals surface area contributed by atoms with Crippen LogP contribution in [0.25, 0.3) is 0 Å². The molecule has 1 N–H and O–H groups in total. The first kappa shape index (κ1) is 11.6. The Morgan fingerprint density at radius 3 is 1.25 bits per heavy atom. The van der Waals surface area contributed by atoms with Gasteiger partial charge in [-0.15, -0.1) is 0 Å². The quantitative estimate of drug-likeness (QED) is 0.673. The number of aliphatic hydroxyl groups is 1. The molecule has 5 fully saturated rings. The minimum absolute atomic E-state index is 0.0208. The second-order valence-corrected chi connectivity index (χ2v) is 7.87. The number of carbonyl (C=O) groups is 3. The third kappa shape index (κ3) is 0.965. The molecule has 5 aliphatic carbocycles. The van der Waals surface area contributed by atoms with Gasteiger partial charge in [-0.25, -0.2) is 0 Å². The fraction of sp³-hybridized carbons (Fsp3) is 0.812. The fourth-order valence-corrected chi connectivity index (χ4v) is 4.82. The summed E-state index contributed by atoms with van der Waals surface area (Å²) in [4.78, 5) is 38.8. The van der Waals surface area contributed by atoms with Gasteiger partial charge in [0.15, 0.2) is 17.3 Å². The molecule has 4 spiro atoms. The molecule has 0 unspecified atom stereocenters. The summed E-state index contributed by atoms with van der Waals surface area (Å²) in [6.07, 6.45) is 4.19. The van der Waals surface area contributed by atoms with Crippen LogP contribution < -0.4 is 0 Å². The molecule has 0 aromatic rings. The summed E-state index contributed by atoms with van der Waals surface area (Å²) >= 11 is 0. The molecule has 5 rings (SSSR count). The van der Waals surface area contributed by atoms with Crippen molar-refractivity contribution in [1.29, 1.82) is 0 Å². The predicted molar refractivity (Wildman–Crippen MR) is 67.7 cm³/mol. The number of hydrogen-bond acceptors (Lipinski definition) is 4. The van der Waals surface area contributed by atoms with Crippen molar-refractivity contribution in [2.24, 2.45) is 21.7 Å². The van der Waals surface area contributed by atoms with Gasteiger partial charge < -0.3 is 5.11 Å². The molecule has 0 bridgehead atoms. The first-order chi connectivity index (χ1) is 9.45. The summed E-state index contributed by atoms with van der Waals surface area (Å²) in [5, 5.41) is 10.8. The largest absolute Gasteiger partial charge is 0.391 e. The molecule has 0 aliphatic heterocycles. The van der Waals surface area contributed by atoms with E-state index in [0.29, 0.717) is 51.4 Å². The third-order valence-corrected chi connectivity index (χ3v) is 6.77. The molecule has 4 nitrogen and oxygen atoms in total. The standard InChI is InChI=1S/C16H18O4/c17-9-13(1-2-13)10(18)15(5-6-15)12(20)16(7-8-16)11(19)14(9)3-4-14/h9,17H,1-8H2. The van der Waals surface area contributed by atoms with Crippen LogP contribution in [0.5, 0.6) is 0 Å². The van der Waals surface area contributed by atoms with Gasteiger partial charge in [-0.05, 0) is 51.4 Å². The molecule has 0 aromatic carbocycles. The monoisotopic (exact) mass is 274 g/mol. The third-order valence-electron chi connectivity index (χ3n) is 6.77. The Bertz CT molecular complexity index is 536. The molecular weight excluding hydrogens is 256 g/mol. The average molecular weight is 274 g/mol. The van der Waals surface area contributed by atoms with E-state index >= 15 is 0 Å². The Hall–Kier alpha value is -1.03. The number of aliphatic hydroxyl groups excluding tert-OH is 1. The predicted octanol–water partition coefficient (Wildman–Crippen LogP) is 1.19. The lowest BCUT2D eigenvalue weighted by atomic mass is 9.65. The maximum Gasteiger partial charge on any atom is 0.159 e. The molecule has 0 atom stereocenters. The Morgan fingerprint density at radius 2 is 1.00 bits per heavy atom. The lowest BCUT2D eigenvalue weighted by Gasteiger charge is -2.37. The van der Waals surface area contributed by atoms with Crippen molar-refractivity contribution in [3.05, 3.63) is 0 Å². The summed E-state index contributed by atoms with van der Waals surface area (Å²) < 4.78 is 0. The van der Waals surface area contributed by atoms with Crippen LogP contribution in [0, 0.1) is 21.7 Å². The number of hydrogen-bond donors (Lipinski definition) is 1. The van der Waals surface area contributed by atoms with Crippen LogP contribution in [0.1, 0.15) is 51.4 Å². The Morgan fingerprint density at radius 1 is 0.650 bits per heavy atom. The van der Waals surface area contributed by atoms with Crippen molar-refractivity contribution >= 4 is 17.3 Å². The van der Waals surface area contributed by atoms with Gasteiger partial charge in [0.2, 0.25) is 0 Å². The van der Waals surface area contributed by atoms with E-state index in [0.717, 1.165) is 0 Å². The van der Waals surface area contributed by atoms with E-state index in [1.165, 1.54) is 0 Å². The van der Waals surface area contributed by atoms with E-state index in [9.17, 15) is 19.5 Å². The van der Waals surface area contributed by atoms with Crippen LogP contribution in [-0.2, 0) is 14.4 Å². The van der Waals surface area contributed by atoms with Gasteiger partial charge in [-0.3, -0.25) is 14.4 Å². The molecule has 0 radical (unpaired) electrons. The lowest BCUT2D eigenvalue weighted by molar-refractivity contribution is -0.156. The van der Waals surface area contributed by atoms with E-state index in [-0.39, 0.29) is 17.3 Å². The number of carbonyl (C=O) groups excluding carboxylic acids is 3. The topological polar surface area (TPSA) is 71.4 Å². The molecule has 0 amide bonds. The molecular formula is C16H18O4. The fourth-order valence-electron chi connectivity index (χ4n) is 4.82. The zero-order valence-corrected chi connectivity index (χ0v) is 11.4. The smallest absolute Gasteiger partial charge is 0.159 e. The van der Waals surface area contributed by atoms with Gasteiger partial charge in [0, 0.05) is 0 Å².